The summed E-state index contributed by atoms with van der Waals surface area (Å²) in [6.45, 7) is 3.32. The number of hydrogen-bond acceptors (Lipinski definition) is 2. The molecule has 1 aromatic rings. The lowest BCUT2D eigenvalue weighted by Gasteiger charge is -2.22. The highest BCUT2D eigenvalue weighted by Gasteiger charge is 2.13. The summed E-state index contributed by atoms with van der Waals surface area (Å²) >= 11 is 0. The molecular weight excluding hydrogens is 260 g/mol. The quantitative estimate of drug-likeness (QED) is 0.602. The van der Waals surface area contributed by atoms with Crippen molar-refractivity contribution in [1.29, 1.82) is 5.26 Å². The number of carbonyl (C=O) groups is 1. The molecule has 0 unspecified atom stereocenters. The summed E-state index contributed by atoms with van der Waals surface area (Å²) in [5.41, 5.74) is 1.12. The van der Waals surface area contributed by atoms with E-state index in [9.17, 15) is 4.79 Å². The maximum atomic E-state index is 12.3. The van der Waals surface area contributed by atoms with Gasteiger partial charge in [-0.2, -0.15) is 5.26 Å². The van der Waals surface area contributed by atoms with Crippen LogP contribution >= 0.6 is 0 Å². The lowest BCUT2D eigenvalue weighted by atomic mass is 10.1. The summed E-state index contributed by atoms with van der Waals surface area (Å²) in [5.74, 6) is 0.172. The third-order valence-corrected chi connectivity index (χ3v) is 3.56. The molecule has 1 rings (SSSR count). The summed E-state index contributed by atoms with van der Waals surface area (Å²) in [4.78, 5) is 14.1. The summed E-state index contributed by atoms with van der Waals surface area (Å²) in [6, 6.07) is 12.1. The lowest BCUT2D eigenvalue weighted by molar-refractivity contribution is -0.131. The molecule has 0 atom stereocenters. The van der Waals surface area contributed by atoms with Crippen LogP contribution in [0.2, 0.25) is 0 Å². The first-order chi connectivity index (χ1) is 10.3. The van der Waals surface area contributed by atoms with Gasteiger partial charge >= 0.3 is 0 Å². The highest BCUT2D eigenvalue weighted by Crippen LogP contribution is 2.10. The van der Waals surface area contributed by atoms with E-state index in [0.717, 1.165) is 18.4 Å². The van der Waals surface area contributed by atoms with Crippen LogP contribution in [-0.2, 0) is 11.3 Å². The Morgan fingerprint density at radius 2 is 1.86 bits per heavy atom. The molecule has 0 aliphatic rings. The predicted molar refractivity (Wildman–Crippen MR) is 85.5 cm³/mol. The van der Waals surface area contributed by atoms with Crippen LogP contribution in [0.5, 0.6) is 0 Å². The van der Waals surface area contributed by atoms with Gasteiger partial charge in [0.2, 0.25) is 5.91 Å². The van der Waals surface area contributed by atoms with Crippen LogP contribution < -0.4 is 0 Å². The van der Waals surface area contributed by atoms with E-state index >= 15 is 0 Å². The van der Waals surface area contributed by atoms with Gasteiger partial charge in [-0.3, -0.25) is 4.79 Å². The van der Waals surface area contributed by atoms with Crippen molar-refractivity contribution >= 4 is 5.91 Å². The molecule has 0 bridgehead atoms. The smallest absolute Gasteiger partial charge is 0.222 e. The molecule has 0 radical (unpaired) electrons. The van der Waals surface area contributed by atoms with Gasteiger partial charge in [0.15, 0.2) is 0 Å². The summed E-state index contributed by atoms with van der Waals surface area (Å²) in [5, 5.41) is 8.75. The standard InChI is InChI=1S/C18H26N2O/c1-2-3-4-5-9-13-18(21)20(15-10-14-19)16-17-11-7-6-8-12-17/h6-8,11-12H,2-5,9-10,13,15-16H2,1H3. The molecule has 0 N–H and O–H groups in total. The molecule has 0 fully saturated rings. The average Bonchev–Trinajstić information content (AvgIpc) is 2.52. The van der Waals surface area contributed by atoms with E-state index in [2.05, 4.69) is 13.0 Å². The Morgan fingerprint density at radius 1 is 1.14 bits per heavy atom. The van der Waals surface area contributed by atoms with Crippen LogP contribution in [0.15, 0.2) is 30.3 Å². The zero-order valence-electron chi connectivity index (χ0n) is 13.1. The minimum atomic E-state index is 0.172. The second-order valence-electron chi connectivity index (χ2n) is 5.37. The van der Waals surface area contributed by atoms with Crippen molar-refractivity contribution in [2.45, 2.75) is 58.4 Å². The number of nitrogens with zero attached hydrogens (tertiary/aromatic N) is 2. The number of nitriles is 1. The molecule has 0 saturated heterocycles. The third kappa shape index (κ3) is 7.51. The maximum absolute atomic E-state index is 12.3. The van der Waals surface area contributed by atoms with Gasteiger partial charge < -0.3 is 4.90 Å². The maximum Gasteiger partial charge on any atom is 0.222 e. The van der Waals surface area contributed by atoms with Crippen LogP contribution in [-0.4, -0.2) is 17.4 Å². The monoisotopic (exact) mass is 286 g/mol. The van der Waals surface area contributed by atoms with Crippen LogP contribution in [0.3, 0.4) is 0 Å². The molecular formula is C18H26N2O. The van der Waals surface area contributed by atoms with Gasteiger partial charge in [-0.25, -0.2) is 0 Å². The molecule has 0 heterocycles. The number of rotatable bonds is 10. The molecule has 0 aromatic heterocycles. The predicted octanol–water partition coefficient (Wildman–Crippen LogP) is 4.29. The summed E-state index contributed by atoms with van der Waals surface area (Å²) in [6.07, 6.45) is 6.75. The Morgan fingerprint density at radius 3 is 2.52 bits per heavy atom. The van der Waals surface area contributed by atoms with E-state index in [4.69, 9.17) is 5.26 Å². The molecule has 3 heteroatoms. The molecule has 3 nitrogen and oxygen atoms in total. The Labute approximate surface area is 128 Å². The fourth-order valence-electron chi connectivity index (χ4n) is 2.32. The van der Waals surface area contributed by atoms with Gasteiger partial charge in [-0.1, -0.05) is 62.9 Å². The summed E-state index contributed by atoms with van der Waals surface area (Å²) < 4.78 is 0. The van der Waals surface area contributed by atoms with Crippen molar-refractivity contribution in [3.63, 3.8) is 0 Å². The highest BCUT2D eigenvalue weighted by atomic mass is 16.2. The van der Waals surface area contributed by atoms with Gasteiger partial charge in [0.1, 0.15) is 0 Å². The van der Waals surface area contributed by atoms with Crippen LogP contribution in [0.4, 0.5) is 0 Å². The molecule has 1 aromatic carbocycles. The van der Waals surface area contributed by atoms with Crippen molar-refractivity contribution in [1.82, 2.24) is 4.90 Å². The minimum Gasteiger partial charge on any atom is -0.337 e. The van der Waals surface area contributed by atoms with E-state index in [-0.39, 0.29) is 5.91 Å². The van der Waals surface area contributed by atoms with Crippen molar-refractivity contribution < 1.29 is 4.79 Å². The van der Waals surface area contributed by atoms with Crippen molar-refractivity contribution in [3.05, 3.63) is 35.9 Å². The first-order valence-corrected chi connectivity index (χ1v) is 7.96. The van der Waals surface area contributed by atoms with Crippen molar-refractivity contribution in [2.75, 3.05) is 6.54 Å². The van der Waals surface area contributed by atoms with E-state index in [0.29, 0.717) is 25.9 Å². The Kier molecular flexibility index (Phi) is 8.95. The van der Waals surface area contributed by atoms with Gasteiger partial charge in [0.25, 0.3) is 0 Å². The van der Waals surface area contributed by atoms with Gasteiger partial charge in [0, 0.05) is 19.5 Å². The van der Waals surface area contributed by atoms with E-state index < -0.39 is 0 Å². The molecule has 0 aliphatic carbocycles. The number of unbranched alkanes of at least 4 members (excludes halogenated alkanes) is 4. The second kappa shape index (κ2) is 10.9. The van der Waals surface area contributed by atoms with E-state index in [1.165, 1.54) is 19.3 Å². The van der Waals surface area contributed by atoms with Crippen molar-refractivity contribution in [3.8, 4) is 6.07 Å². The summed E-state index contributed by atoms with van der Waals surface area (Å²) in [7, 11) is 0. The average molecular weight is 286 g/mol. The largest absolute Gasteiger partial charge is 0.337 e. The van der Waals surface area contributed by atoms with E-state index in [1.807, 2.05) is 35.2 Å². The third-order valence-electron chi connectivity index (χ3n) is 3.56. The number of benzene rings is 1. The molecule has 21 heavy (non-hydrogen) atoms. The van der Waals surface area contributed by atoms with Crippen LogP contribution in [0.1, 0.15) is 57.4 Å². The fraction of sp³-hybridized carbons (Fsp3) is 0.556. The van der Waals surface area contributed by atoms with Crippen molar-refractivity contribution in [2.24, 2.45) is 0 Å². The Balaban J connectivity index is 2.44. The normalized spacial score (nSPS) is 10.1. The van der Waals surface area contributed by atoms with Crippen LogP contribution in [0.25, 0.3) is 0 Å². The van der Waals surface area contributed by atoms with Crippen LogP contribution in [0, 0.1) is 11.3 Å². The SMILES string of the molecule is CCCCCCCC(=O)N(CCC#N)Cc1ccccc1. The molecule has 114 valence electrons. The fourth-order valence-corrected chi connectivity index (χ4v) is 2.32. The molecule has 0 saturated carbocycles. The zero-order chi connectivity index (χ0) is 15.3. The first kappa shape index (κ1) is 17.2. The lowest BCUT2D eigenvalue weighted by Crippen LogP contribution is -2.31. The first-order valence-electron chi connectivity index (χ1n) is 7.96. The molecule has 0 aliphatic heterocycles. The molecule has 0 spiro atoms. The number of hydrogen-bond donors (Lipinski definition) is 0. The number of carbonyl (C=O) groups excluding carboxylic acids is 1. The minimum absolute atomic E-state index is 0.172. The van der Waals surface area contributed by atoms with Gasteiger partial charge in [0.05, 0.1) is 12.5 Å². The van der Waals surface area contributed by atoms with Gasteiger partial charge in [-0.05, 0) is 12.0 Å². The Hall–Kier alpha value is -1.82. The zero-order valence-corrected chi connectivity index (χ0v) is 13.1. The molecule has 1 amide bonds. The van der Waals surface area contributed by atoms with E-state index in [1.54, 1.807) is 0 Å². The van der Waals surface area contributed by atoms with Gasteiger partial charge in [-0.15, -0.1) is 0 Å². The topological polar surface area (TPSA) is 44.1 Å². The highest BCUT2D eigenvalue weighted by molar-refractivity contribution is 5.76. The second-order valence-corrected chi connectivity index (χ2v) is 5.37. The number of amides is 1. The Bertz CT molecular complexity index is 436.